The molecule has 0 spiro atoms. The van der Waals surface area contributed by atoms with Crippen molar-refractivity contribution in [2.75, 3.05) is 0 Å². The zero-order valence-corrected chi connectivity index (χ0v) is 17.5. The Bertz CT molecular complexity index is 1050. The van der Waals surface area contributed by atoms with Crippen LogP contribution in [0.2, 0.25) is 0 Å². The molecule has 1 fully saturated rings. The Hall–Kier alpha value is -2.34. The largest absolute Gasteiger partial charge is 0.416 e. The van der Waals surface area contributed by atoms with Crippen LogP contribution in [0.3, 0.4) is 0 Å². The van der Waals surface area contributed by atoms with Gasteiger partial charge in [-0.1, -0.05) is 36.0 Å². The fraction of sp³-hybridized carbons (Fsp3) is 0.333. The maximum absolute atomic E-state index is 13.5. The van der Waals surface area contributed by atoms with Crippen molar-refractivity contribution < 1.29 is 22.8 Å². The highest BCUT2D eigenvalue weighted by Gasteiger charge is 2.44. The monoisotopic (exact) mass is 430 g/mol. The van der Waals surface area contributed by atoms with Crippen LogP contribution in [-0.2, 0) is 11.0 Å². The van der Waals surface area contributed by atoms with Crippen molar-refractivity contribution in [1.29, 1.82) is 0 Å². The number of Topliss-reactive ketones (excluding diaryl/α,β-unsaturated/α-hetero) is 2. The average Bonchev–Trinajstić information content (AvgIpc) is 3.14. The van der Waals surface area contributed by atoms with Gasteiger partial charge in [0.05, 0.1) is 11.1 Å². The molecule has 0 saturated heterocycles. The second kappa shape index (κ2) is 7.73. The van der Waals surface area contributed by atoms with Gasteiger partial charge in [-0.15, -0.1) is 0 Å². The number of halogens is 3. The molecule has 156 valence electrons. The Morgan fingerprint density at radius 1 is 0.967 bits per heavy atom. The van der Waals surface area contributed by atoms with E-state index in [4.69, 9.17) is 0 Å². The topological polar surface area (TPSA) is 34.1 Å². The first-order valence-electron chi connectivity index (χ1n) is 9.92. The highest BCUT2D eigenvalue weighted by atomic mass is 32.2. The highest BCUT2D eigenvalue weighted by molar-refractivity contribution is 8.03. The van der Waals surface area contributed by atoms with Crippen LogP contribution in [0.25, 0.3) is 0 Å². The molecular weight excluding hydrogens is 409 g/mol. The van der Waals surface area contributed by atoms with Gasteiger partial charge in [0.1, 0.15) is 0 Å². The lowest BCUT2D eigenvalue weighted by Crippen LogP contribution is -2.27. The first-order valence-corrected chi connectivity index (χ1v) is 10.7. The summed E-state index contributed by atoms with van der Waals surface area (Å²) >= 11 is 1.43. The first-order chi connectivity index (χ1) is 14.2. The summed E-state index contributed by atoms with van der Waals surface area (Å²) in [5.74, 6) is -0.633. The molecule has 2 aliphatic carbocycles. The van der Waals surface area contributed by atoms with Gasteiger partial charge >= 0.3 is 6.18 Å². The van der Waals surface area contributed by atoms with Crippen molar-refractivity contribution in [2.24, 2.45) is 11.8 Å². The lowest BCUT2D eigenvalue weighted by atomic mass is 9.83. The van der Waals surface area contributed by atoms with E-state index in [1.165, 1.54) is 31.7 Å². The number of carbonyl (C=O) groups is 2. The van der Waals surface area contributed by atoms with E-state index in [2.05, 4.69) is 0 Å². The van der Waals surface area contributed by atoms with Crippen LogP contribution < -0.4 is 0 Å². The molecular formula is C24H21F3O2S. The molecule has 6 heteroatoms. The van der Waals surface area contributed by atoms with Gasteiger partial charge < -0.3 is 0 Å². The summed E-state index contributed by atoms with van der Waals surface area (Å²) in [5.41, 5.74) is -0.102. The second-order valence-electron chi connectivity index (χ2n) is 7.96. The van der Waals surface area contributed by atoms with E-state index in [0.717, 1.165) is 35.1 Å². The van der Waals surface area contributed by atoms with Crippen molar-refractivity contribution in [3.63, 3.8) is 0 Å². The Morgan fingerprint density at radius 3 is 2.30 bits per heavy atom. The molecule has 2 nitrogen and oxygen atoms in total. The molecule has 2 aromatic rings. The summed E-state index contributed by atoms with van der Waals surface area (Å²) < 4.78 is 39.7. The molecule has 4 rings (SSSR count). The number of carbonyl (C=O) groups excluding carboxylic acids is 2. The smallest absolute Gasteiger partial charge is 0.294 e. The number of fused-ring (bicyclic) bond motifs is 2. The highest BCUT2D eigenvalue weighted by Crippen LogP contribution is 2.50. The molecule has 2 aliphatic rings. The molecule has 0 radical (unpaired) electrons. The fourth-order valence-electron chi connectivity index (χ4n) is 4.47. The summed E-state index contributed by atoms with van der Waals surface area (Å²) in [5, 5.41) is 0. The number of allylic oxidation sites excluding steroid dienone is 2. The SMILES string of the molecule is Cc1c(C(=O)C2=C(Sc3ccccc3)C3CCC(C3)C2=O)ccc(C(F)(F)F)c1C. The zero-order valence-electron chi connectivity index (χ0n) is 16.7. The van der Waals surface area contributed by atoms with Gasteiger partial charge in [0.2, 0.25) is 0 Å². The summed E-state index contributed by atoms with van der Waals surface area (Å²) in [4.78, 5) is 28.3. The summed E-state index contributed by atoms with van der Waals surface area (Å²) in [6, 6.07) is 11.7. The van der Waals surface area contributed by atoms with Gasteiger partial charge in [0, 0.05) is 21.3 Å². The molecule has 0 heterocycles. The van der Waals surface area contributed by atoms with Crippen LogP contribution >= 0.6 is 11.8 Å². The summed E-state index contributed by atoms with van der Waals surface area (Å²) in [6.07, 6.45) is -2.13. The van der Waals surface area contributed by atoms with E-state index in [-0.39, 0.29) is 39.9 Å². The fourth-order valence-corrected chi connectivity index (χ4v) is 5.69. The quantitative estimate of drug-likeness (QED) is 0.407. The van der Waals surface area contributed by atoms with E-state index in [1.807, 2.05) is 30.3 Å². The molecule has 0 N–H and O–H groups in total. The van der Waals surface area contributed by atoms with E-state index >= 15 is 0 Å². The minimum atomic E-state index is -4.48. The molecule has 0 amide bonds. The van der Waals surface area contributed by atoms with Crippen molar-refractivity contribution in [3.8, 4) is 0 Å². The van der Waals surface area contributed by atoms with Gasteiger partial charge in [-0.2, -0.15) is 13.2 Å². The third-order valence-electron chi connectivity index (χ3n) is 6.20. The van der Waals surface area contributed by atoms with Gasteiger partial charge in [0.25, 0.3) is 0 Å². The lowest BCUT2D eigenvalue weighted by Gasteiger charge is -2.25. The third-order valence-corrected chi connectivity index (χ3v) is 7.47. The minimum Gasteiger partial charge on any atom is -0.294 e. The van der Waals surface area contributed by atoms with Crippen molar-refractivity contribution >= 4 is 23.3 Å². The molecule has 2 unspecified atom stereocenters. The maximum Gasteiger partial charge on any atom is 0.416 e. The lowest BCUT2D eigenvalue weighted by molar-refractivity contribution is -0.138. The number of rotatable bonds is 4. The average molecular weight is 430 g/mol. The third kappa shape index (κ3) is 3.62. The number of ketones is 2. The minimum absolute atomic E-state index is 0.0254. The number of hydrogen-bond acceptors (Lipinski definition) is 3. The Labute approximate surface area is 177 Å². The first kappa shape index (κ1) is 20.9. The van der Waals surface area contributed by atoms with Crippen LogP contribution in [0.5, 0.6) is 0 Å². The predicted octanol–water partition coefficient (Wildman–Crippen LogP) is 6.55. The standard InChI is InChI=1S/C24H21F3O2S/c1-13-14(2)19(24(25,26)27)11-10-18(13)22(29)20-21(28)15-8-9-16(12-15)23(20)30-17-6-4-3-5-7-17/h3-7,10-11,15-16H,8-9,12H2,1-2H3. The Balaban J connectivity index is 1.81. The van der Waals surface area contributed by atoms with Gasteiger partial charge in [0.15, 0.2) is 11.6 Å². The van der Waals surface area contributed by atoms with Crippen LogP contribution in [0.1, 0.15) is 46.3 Å². The number of benzene rings is 2. The van der Waals surface area contributed by atoms with Crippen molar-refractivity contribution in [3.05, 3.63) is 75.2 Å². The number of thioether (sulfide) groups is 1. The molecule has 1 saturated carbocycles. The molecule has 0 aromatic heterocycles. The summed E-state index contributed by atoms with van der Waals surface area (Å²) in [6.45, 7) is 2.89. The molecule has 2 atom stereocenters. The van der Waals surface area contributed by atoms with Crippen LogP contribution in [0.4, 0.5) is 13.2 Å². The number of alkyl halides is 3. The maximum atomic E-state index is 13.5. The molecule has 0 aliphatic heterocycles. The van der Waals surface area contributed by atoms with Crippen LogP contribution in [0, 0.1) is 25.7 Å². The molecule has 2 bridgehead atoms. The van der Waals surface area contributed by atoms with E-state index in [9.17, 15) is 22.8 Å². The second-order valence-corrected chi connectivity index (χ2v) is 9.08. The van der Waals surface area contributed by atoms with E-state index in [0.29, 0.717) is 0 Å². The molecule has 2 aromatic carbocycles. The zero-order chi connectivity index (χ0) is 21.6. The molecule has 30 heavy (non-hydrogen) atoms. The Morgan fingerprint density at radius 2 is 1.63 bits per heavy atom. The van der Waals surface area contributed by atoms with Gasteiger partial charge in [-0.05, 0) is 68.4 Å². The normalized spacial score (nSPS) is 21.3. The van der Waals surface area contributed by atoms with E-state index < -0.39 is 17.5 Å². The number of hydrogen-bond donors (Lipinski definition) is 0. The van der Waals surface area contributed by atoms with Crippen molar-refractivity contribution in [1.82, 2.24) is 0 Å². The van der Waals surface area contributed by atoms with E-state index in [1.54, 1.807) is 0 Å². The Kier molecular flexibility index (Phi) is 5.39. The van der Waals surface area contributed by atoms with Crippen LogP contribution in [0.15, 0.2) is 57.8 Å². The van der Waals surface area contributed by atoms with Crippen molar-refractivity contribution in [2.45, 2.75) is 44.2 Å². The van der Waals surface area contributed by atoms with Gasteiger partial charge in [-0.25, -0.2) is 0 Å². The van der Waals surface area contributed by atoms with Gasteiger partial charge in [-0.3, -0.25) is 9.59 Å². The predicted molar refractivity (Wildman–Crippen MR) is 110 cm³/mol. The summed E-state index contributed by atoms with van der Waals surface area (Å²) in [7, 11) is 0. The van der Waals surface area contributed by atoms with Crippen LogP contribution in [-0.4, -0.2) is 11.6 Å².